The fourth-order valence-corrected chi connectivity index (χ4v) is 2.03. The van der Waals surface area contributed by atoms with Gasteiger partial charge < -0.3 is 9.47 Å². The molecule has 0 heterocycles. The van der Waals surface area contributed by atoms with Crippen LogP contribution < -0.4 is 0 Å². The zero-order valence-corrected chi connectivity index (χ0v) is 14.1. The average Bonchev–Trinajstić information content (AvgIpc) is 2.54. The second kappa shape index (κ2) is 10.2. The fourth-order valence-electron chi connectivity index (χ4n) is 2.03. The molecule has 0 aromatic heterocycles. The van der Waals surface area contributed by atoms with Gasteiger partial charge in [0.1, 0.15) is 5.82 Å². The zero-order chi connectivity index (χ0) is 18.8. The lowest BCUT2D eigenvalue weighted by Crippen LogP contribution is -2.18. The molecule has 1 atom stereocenters. The van der Waals surface area contributed by atoms with Gasteiger partial charge in [-0.25, -0.2) is 9.18 Å². The van der Waals surface area contributed by atoms with Crippen molar-refractivity contribution in [1.29, 1.82) is 0 Å². The molecule has 0 unspecified atom stereocenters. The molecule has 8 heteroatoms. The van der Waals surface area contributed by atoms with Gasteiger partial charge in [-0.05, 0) is 37.1 Å². The molecule has 136 valence electrons. The van der Waals surface area contributed by atoms with Crippen LogP contribution in [0.5, 0.6) is 0 Å². The molecule has 1 aromatic rings. The summed E-state index contributed by atoms with van der Waals surface area (Å²) in [6.45, 7) is 2.85. The van der Waals surface area contributed by atoms with Crippen LogP contribution in [0.1, 0.15) is 38.2 Å². The molecule has 1 aromatic carbocycles. The lowest BCUT2D eigenvalue weighted by Gasteiger charge is -2.12. The Bertz CT molecular complexity index is 641. The Morgan fingerprint density at radius 1 is 1.28 bits per heavy atom. The summed E-state index contributed by atoms with van der Waals surface area (Å²) in [6, 6.07) is 5.06. The smallest absolute Gasteiger partial charge is 0.374 e. The number of ether oxygens (including phenoxy) is 2. The number of nitro groups is 1. The number of hydrogen-bond donors (Lipinski definition) is 0. The summed E-state index contributed by atoms with van der Waals surface area (Å²) in [5.41, 5.74) is 0.409. The van der Waals surface area contributed by atoms with E-state index in [4.69, 9.17) is 9.47 Å². The first-order valence-corrected chi connectivity index (χ1v) is 7.84. The van der Waals surface area contributed by atoms with Crippen LogP contribution in [0.2, 0.25) is 0 Å². The first-order chi connectivity index (χ1) is 11.9. The maximum atomic E-state index is 13.1. The Labute approximate surface area is 144 Å². The SMILES string of the molecule is CCCC(=O)O/C(=C\[C@@H](C[N+](=O)[O-])c1ccc(F)cc1)C(=O)OCC. The molecule has 1 rings (SSSR count). The predicted molar refractivity (Wildman–Crippen MR) is 86.7 cm³/mol. The van der Waals surface area contributed by atoms with Gasteiger partial charge in [-0.3, -0.25) is 14.9 Å². The number of rotatable bonds is 9. The topological polar surface area (TPSA) is 95.7 Å². The molecule has 25 heavy (non-hydrogen) atoms. The minimum absolute atomic E-state index is 0.0535. The van der Waals surface area contributed by atoms with Gasteiger partial charge in [-0.15, -0.1) is 0 Å². The van der Waals surface area contributed by atoms with E-state index in [0.29, 0.717) is 12.0 Å². The first-order valence-electron chi connectivity index (χ1n) is 7.84. The van der Waals surface area contributed by atoms with Gasteiger partial charge in [-0.2, -0.15) is 0 Å². The van der Waals surface area contributed by atoms with Gasteiger partial charge in [0.25, 0.3) is 0 Å². The Kier molecular flexibility index (Phi) is 8.25. The van der Waals surface area contributed by atoms with Crippen LogP contribution in [0, 0.1) is 15.9 Å². The maximum absolute atomic E-state index is 13.1. The average molecular weight is 353 g/mol. The predicted octanol–water partition coefficient (Wildman–Crippen LogP) is 2.98. The molecule has 0 fully saturated rings. The van der Waals surface area contributed by atoms with E-state index in [2.05, 4.69) is 0 Å². The summed E-state index contributed by atoms with van der Waals surface area (Å²) in [6.07, 6.45) is 1.78. The van der Waals surface area contributed by atoms with Crippen molar-refractivity contribution in [2.75, 3.05) is 13.2 Å². The summed E-state index contributed by atoms with van der Waals surface area (Å²) in [5, 5.41) is 10.9. The van der Waals surface area contributed by atoms with Crippen LogP contribution in [0.15, 0.2) is 36.1 Å². The second-order valence-corrected chi connectivity index (χ2v) is 5.15. The highest BCUT2D eigenvalue weighted by Crippen LogP contribution is 2.21. The lowest BCUT2D eigenvalue weighted by atomic mass is 9.98. The van der Waals surface area contributed by atoms with E-state index in [1.165, 1.54) is 18.2 Å². The fraction of sp³-hybridized carbons (Fsp3) is 0.412. The van der Waals surface area contributed by atoms with Crippen molar-refractivity contribution >= 4 is 11.9 Å². The molecular weight excluding hydrogens is 333 g/mol. The van der Waals surface area contributed by atoms with Crippen LogP contribution in [0.3, 0.4) is 0 Å². The minimum atomic E-state index is -0.887. The Balaban J connectivity index is 3.19. The summed E-state index contributed by atoms with van der Waals surface area (Å²) in [7, 11) is 0. The van der Waals surface area contributed by atoms with Gasteiger partial charge in [0, 0.05) is 11.3 Å². The van der Waals surface area contributed by atoms with E-state index in [1.54, 1.807) is 13.8 Å². The molecule has 0 saturated heterocycles. The summed E-state index contributed by atoms with van der Waals surface area (Å²) >= 11 is 0. The van der Waals surface area contributed by atoms with Crippen molar-refractivity contribution < 1.29 is 28.4 Å². The monoisotopic (exact) mass is 353 g/mol. The Morgan fingerprint density at radius 3 is 2.44 bits per heavy atom. The zero-order valence-electron chi connectivity index (χ0n) is 14.1. The number of carbonyl (C=O) groups is 2. The number of carbonyl (C=O) groups excluding carboxylic acids is 2. The van der Waals surface area contributed by atoms with Crippen molar-refractivity contribution in [2.45, 2.75) is 32.6 Å². The van der Waals surface area contributed by atoms with E-state index in [1.807, 2.05) is 0 Å². The molecule has 0 N–H and O–H groups in total. The third-order valence-corrected chi connectivity index (χ3v) is 3.15. The van der Waals surface area contributed by atoms with E-state index >= 15 is 0 Å². The number of halogens is 1. The normalized spacial score (nSPS) is 12.4. The molecule has 0 amide bonds. The summed E-state index contributed by atoms with van der Waals surface area (Å²) in [4.78, 5) is 34.0. The molecule has 7 nitrogen and oxygen atoms in total. The van der Waals surface area contributed by atoms with E-state index < -0.39 is 40.9 Å². The number of benzene rings is 1. The first kappa shape index (κ1) is 20.3. The van der Waals surface area contributed by atoms with E-state index in [-0.39, 0.29) is 13.0 Å². The van der Waals surface area contributed by atoms with Crippen molar-refractivity contribution in [3.05, 3.63) is 57.6 Å². The van der Waals surface area contributed by atoms with Crippen LogP contribution >= 0.6 is 0 Å². The quantitative estimate of drug-likeness (QED) is 0.223. The second-order valence-electron chi connectivity index (χ2n) is 5.15. The molecule has 0 radical (unpaired) electrons. The van der Waals surface area contributed by atoms with Gasteiger partial charge in [-0.1, -0.05) is 19.1 Å². The van der Waals surface area contributed by atoms with Crippen LogP contribution in [0.4, 0.5) is 4.39 Å². The van der Waals surface area contributed by atoms with Crippen molar-refractivity contribution in [1.82, 2.24) is 0 Å². The van der Waals surface area contributed by atoms with Crippen LogP contribution in [-0.4, -0.2) is 30.0 Å². The molecule has 0 bridgehead atoms. The van der Waals surface area contributed by atoms with Crippen molar-refractivity contribution in [3.8, 4) is 0 Å². The summed E-state index contributed by atoms with van der Waals surface area (Å²) < 4.78 is 22.9. The van der Waals surface area contributed by atoms with Crippen LogP contribution in [0.25, 0.3) is 0 Å². The largest absolute Gasteiger partial charge is 0.460 e. The number of hydrogen-bond acceptors (Lipinski definition) is 6. The highest BCUT2D eigenvalue weighted by Gasteiger charge is 2.23. The van der Waals surface area contributed by atoms with Crippen molar-refractivity contribution in [2.24, 2.45) is 0 Å². The molecule has 0 aliphatic heterocycles. The number of esters is 2. The van der Waals surface area contributed by atoms with Gasteiger partial charge in [0.2, 0.25) is 12.3 Å². The van der Waals surface area contributed by atoms with Crippen molar-refractivity contribution in [3.63, 3.8) is 0 Å². The Hall–Kier alpha value is -2.77. The van der Waals surface area contributed by atoms with Crippen LogP contribution in [-0.2, 0) is 19.1 Å². The van der Waals surface area contributed by atoms with E-state index in [9.17, 15) is 24.1 Å². The standard InChI is InChI=1S/C17H20FNO6/c1-3-5-16(20)25-15(17(21)24-4-2)10-13(11-19(22)23)12-6-8-14(18)9-7-12/h6-10,13H,3-5,11H2,1-2H3/b15-10-/t13-/m0/s1. The highest BCUT2D eigenvalue weighted by atomic mass is 19.1. The van der Waals surface area contributed by atoms with Gasteiger partial charge in [0.05, 0.1) is 12.5 Å². The van der Waals surface area contributed by atoms with Gasteiger partial charge in [0.15, 0.2) is 0 Å². The van der Waals surface area contributed by atoms with Gasteiger partial charge >= 0.3 is 11.9 Å². The molecular formula is C17H20FNO6. The molecule has 0 spiro atoms. The highest BCUT2D eigenvalue weighted by molar-refractivity contribution is 5.89. The lowest BCUT2D eigenvalue weighted by molar-refractivity contribution is -0.481. The summed E-state index contributed by atoms with van der Waals surface area (Å²) in [5.74, 6) is -3.31. The number of nitrogens with zero attached hydrogens (tertiary/aromatic N) is 1. The molecule has 0 saturated carbocycles. The van der Waals surface area contributed by atoms with E-state index in [0.717, 1.165) is 12.1 Å². The maximum Gasteiger partial charge on any atom is 0.374 e. The molecule has 0 aliphatic carbocycles. The molecule has 0 aliphatic rings. The Morgan fingerprint density at radius 2 is 1.92 bits per heavy atom. The third kappa shape index (κ3) is 7.11. The minimum Gasteiger partial charge on any atom is -0.460 e. The third-order valence-electron chi connectivity index (χ3n) is 3.15.